The minimum atomic E-state index is -0.752. The summed E-state index contributed by atoms with van der Waals surface area (Å²) in [6.07, 6.45) is 3.58. The van der Waals surface area contributed by atoms with Crippen LogP contribution in [0.2, 0.25) is 0 Å². The fourth-order valence-corrected chi connectivity index (χ4v) is 8.62. The number of fused-ring (bicyclic) bond motifs is 2. The van der Waals surface area contributed by atoms with Crippen molar-refractivity contribution in [3.8, 4) is 22.5 Å². The van der Waals surface area contributed by atoms with Crippen molar-refractivity contribution >= 4 is 57.7 Å². The lowest BCUT2D eigenvalue weighted by atomic mass is 10.0. The lowest BCUT2D eigenvalue weighted by molar-refractivity contribution is -0.136. The second kappa shape index (κ2) is 16.3. The standard InChI is InChI=1S/C40H46N8O8S/c1-20(2)32(45-39(52)54-5)37(50)47-13-7-8-28(47)35-41-17-27(43-35)23-9-11-24-31(15-23)56-30-12-10-22(14-25(30)34(24)49)26-16-42-36(44-26)29-18-57-19-48(29)38(51)33(21(3)4)46-40(53)55-6/h9-12,14-17,20-21,28-29,32-33H,7-8,13,18-19H2,1-6H3,(H,41,43)(H,42,44)(H,45,52)(H,46,53)/t28-,29-,32-,33-/m0/s1. The van der Waals surface area contributed by atoms with Crippen LogP contribution in [-0.2, 0) is 19.1 Å². The highest BCUT2D eigenvalue weighted by atomic mass is 32.2. The first-order valence-electron chi connectivity index (χ1n) is 18.9. The summed E-state index contributed by atoms with van der Waals surface area (Å²) in [5.74, 6) is 1.61. The van der Waals surface area contributed by atoms with Crippen LogP contribution in [0.3, 0.4) is 0 Å². The molecule has 4 atom stereocenters. The zero-order chi connectivity index (χ0) is 40.5. The Bertz CT molecular complexity index is 2390. The van der Waals surface area contributed by atoms with E-state index in [1.54, 1.807) is 58.2 Å². The summed E-state index contributed by atoms with van der Waals surface area (Å²) in [5.41, 5.74) is 3.50. The average Bonchev–Trinajstić information content (AvgIpc) is 4.05. The van der Waals surface area contributed by atoms with Crippen LogP contribution < -0.4 is 16.1 Å². The van der Waals surface area contributed by atoms with Gasteiger partial charge in [-0.25, -0.2) is 19.6 Å². The number of nitrogens with one attached hydrogen (secondary N) is 4. The van der Waals surface area contributed by atoms with Gasteiger partial charge in [0.15, 0.2) is 0 Å². The van der Waals surface area contributed by atoms with Gasteiger partial charge in [-0.15, -0.1) is 11.8 Å². The lowest BCUT2D eigenvalue weighted by Gasteiger charge is -2.30. The highest BCUT2D eigenvalue weighted by Gasteiger charge is 2.39. The Kier molecular flexibility index (Phi) is 11.3. The van der Waals surface area contributed by atoms with Crippen molar-refractivity contribution in [3.63, 3.8) is 0 Å². The number of methoxy groups -OCH3 is 2. The van der Waals surface area contributed by atoms with Crippen LogP contribution in [-0.4, -0.2) is 98.2 Å². The number of nitrogens with zero attached hydrogens (tertiary/aromatic N) is 4. The van der Waals surface area contributed by atoms with Crippen molar-refractivity contribution in [2.24, 2.45) is 11.8 Å². The monoisotopic (exact) mass is 798 g/mol. The molecule has 2 aliphatic heterocycles. The number of ether oxygens (including phenoxy) is 2. The normalized spacial score (nSPS) is 18.0. The van der Waals surface area contributed by atoms with Crippen LogP contribution in [0.1, 0.15) is 64.3 Å². The number of imidazole rings is 2. The molecule has 0 aliphatic carbocycles. The van der Waals surface area contributed by atoms with Gasteiger partial charge in [0.2, 0.25) is 17.2 Å². The van der Waals surface area contributed by atoms with Gasteiger partial charge in [0.05, 0.1) is 66.7 Å². The number of hydrogen-bond acceptors (Lipinski definition) is 11. The second-order valence-corrected chi connectivity index (χ2v) is 15.9. The molecule has 2 saturated heterocycles. The molecule has 0 saturated carbocycles. The third kappa shape index (κ3) is 7.80. The number of H-pyrrole nitrogens is 2. The first-order chi connectivity index (χ1) is 27.4. The van der Waals surface area contributed by atoms with Crippen LogP contribution in [0.4, 0.5) is 9.59 Å². The van der Waals surface area contributed by atoms with Gasteiger partial charge >= 0.3 is 12.2 Å². The maximum absolute atomic E-state index is 13.9. The Morgan fingerprint density at radius 2 is 1.37 bits per heavy atom. The number of aromatic amines is 2. The largest absolute Gasteiger partial charge is 0.456 e. The number of amides is 4. The number of carbonyl (C=O) groups is 4. The SMILES string of the molecule is COC(=O)N[C@H](C(=O)N1CCC[C@H]1c1ncc(-c2ccc3c(=O)c4cc(-c5cnc([C@@H]6CSCN6C(=O)[C@@H](NC(=O)OC)C(C)C)[nH]5)ccc4oc3c2)[nH]1)C(C)C. The van der Waals surface area contributed by atoms with E-state index in [1.807, 2.05) is 39.8 Å². The molecule has 17 heteroatoms. The molecule has 0 bridgehead atoms. The second-order valence-electron chi connectivity index (χ2n) is 14.9. The van der Waals surface area contributed by atoms with Gasteiger partial charge in [0.25, 0.3) is 0 Å². The third-order valence-electron chi connectivity index (χ3n) is 10.6. The van der Waals surface area contributed by atoms with Gasteiger partial charge in [-0.3, -0.25) is 14.4 Å². The molecule has 5 aromatic rings. The molecule has 7 rings (SSSR count). The lowest BCUT2D eigenvalue weighted by Crippen LogP contribution is -2.51. The van der Waals surface area contributed by atoms with Gasteiger partial charge in [-0.05, 0) is 55.0 Å². The first kappa shape index (κ1) is 39.4. The van der Waals surface area contributed by atoms with E-state index in [1.165, 1.54) is 14.2 Å². The number of aromatic nitrogens is 4. The van der Waals surface area contributed by atoms with Crippen molar-refractivity contribution in [1.29, 1.82) is 0 Å². The minimum Gasteiger partial charge on any atom is -0.456 e. The molecule has 0 unspecified atom stereocenters. The summed E-state index contributed by atoms with van der Waals surface area (Å²) in [5, 5.41) is 6.15. The minimum absolute atomic E-state index is 0.146. The summed E-state index contributed by atoms with van der Waals surface area (Å²) in [7, 11) is 2.53. The molecule has 3 aromatic heterocycles. The highest BCUT2D eigenvalue weighted by Crippen LogP contribution is 2.36. The van der Waals surface area contributed by atoms with Crippen molar-refractivity contribution < 1.29 is 33.1 Å². The van der Waals surface area contributed by atoms with E-state index in [4.69, 9.17) is 13.9 Å². The van der Waals surface area contributed by atoms with Gasteiger partial charge in [0, 0.05) is 23.4 Å². The highest BCUT2D eigenvalue weighted by molar-refractivity contribution is 7.99. The topological polar surface area (TPSA) is 205 Å². The van der Waals surface area contributed by atoms with Gasteiger partial charge in [-0.2, -0.15) is 0 Å². The molecule has 16 nitrogen and oxygen atoms in total. The van der Waals surface area contributed by atoms with Crippen LogP contribution in [0.5, 0.6) is 0 Å². The zero-order valence-electron chi connectivity index (χ0n) is 32.6. The van der Waals surface area contributed by atoms with Crippen molar-refractivity contribution in [2.45, 2.75) is 64.7 Å². The van der Waals surface area contributed by atoms with Gasteiger partial charge in [-0.1, -0.05) is 33.8 Å². The van der Waals surface area contributed by atoms with Gasteiger partial charge < -0.3 is 44.3 Å². The average molecular weight is 799 g/mol. The van der Waals surface area contributed by atoms with Crippen molar-refractivity contribution in [1.82, 2.24) is 40.4 Å². The number of carbonyl (C=O) groups excluding carboxylic acids is 4. The summed E-state index contributed by atoms with van der Waals surface area (Å²) in [6, 6.07) is 8.62. The first-order valence-corrected chi connectivity index (χ1v) is 20.0. The summed E-state index contributed by atoms with van der Waals surface area (Å²) in [4.78, 5) is 84.4. The number of thioether (sulfide) groups is 1. The fourth-order valence-electron chi connectivity index (χ4n) is 7.45. The van der Waals surface area contributed by atoms with E-state index < -0.39 is 24.3 Å². The summed E-state index contributed by atoms with van der Waals surface area (Å²) < 4.78 is 15.8. The van der Waals surface area contributed by atoms with E-state index in [2.05, 4.69) is 30.6 Å². The van der Waals surface area contributed by atoms with E-state index in [9.17, 15) is 24.0 Å². The summed E-state index contributed by atoms with van der Waals surface area (Å²) in [6.45, 7) is 8.02. The number of benzene rings is 2. The molecule has 4 N–H and O–H groups in total. The number of rotatable bonds is 10. The van der Waals surface area contributed by atoms with Crippen LogP contribution in [0, 0.1) is 11.8 Å². The van der Waals surface area contributed by atoms with E-state index in [-0.39, 0.29) is 41.2 Å². The maximum Gasteiger partial charge on any atom is 0.407 e. The third-order valence-corrected chi connectivity index (χ3v) is 11.6. The molecule has 0 spiro atoms. The molecule has 4 amide bonds. The Balaban J connectivity index is 1.10. The smallest absolute Gasteiger partial charge is 0.407 e. The van der Waals surface area contributed by atoms with Crippen molar-refractivity contribution in [3.05, 3.63) is 70.7 Å². The summed E-state index contributed by atoms with van der Waals surface area (Å²) >= 11 is 1.60. The molecule has 300 valence electrons. The molecule has 5 heterocycles. The van der Waals surface area contributed by atoms with Crippen LogP contribution in [0.15, 0.2) is 58.0 Å². The number of alkyl carbamates (subject to hydrolysis) is 2. The Morgan fingerprint density at radius 1 is 0.789 bits per heavy atom. The molecule has 2 aromatic carbocycles. The molecule has 0 radical (unpaired) electrons. The Hall–Kier alpha value is -5.84. The predicted octanol–water partition coefficient (Wildman–Crippen LogP) is 5.73. The molecule has 2 aliphatic rings. The quantitative estimate of drug-likeness (QED) is 0.126. The van der Waals surface area contributed by atoms with E-state index in [0.29, 0.717) is 63.1 Å². The van der Waals surface area contributed by atoms with Crippen molar-refractivity contribution in [2.75, 3.05) is 32.4 Å². The maximum atomic E-state index is 13.9. The predicted molar refractivity (Wildman–Crippen MR) is 214 cm³/mol. The molecule has 2 fully saturated rings. The van der Waals surface area contributed by atoms with E-state index >= 15 is 0 Å². The van der Waals surface area contributed by atoms with Gasteiger partial charge in [0.1, 0.15) is 34.9 Å². The Morgan fingerprint density at radius 3 is 1.98 bits per heavy atom. The fraction of sp³-hybridized carbons (Fsp3) is 0.425. The van der Waals surface area contributed by atoms with E-state index in [0.717, 1.165) is 24.0 Å². The molecular formula is C40H46N8O8S. The van der Waals surface area contributed by atoms with Crippen LogP contribution in [0.25, 0.3) is 44.5 Å². The Labute approximate surface area is 332 Å². The molecular weight excluding hydrogens is 753 g/mol. The van der Waals surface area contributed by atoms with Crippen LogP contribution >= 0.6 is 11.8 Å². The number of hydrogen-bond donors (Lipinski definition) is 4. The molecule has 57 heavy (non-hydrogen) atoms. The number of likely N-dealkylation sites (tertiary alicyclic amines) is 1. The zero-order valence-corrected chi connectivity index (χ0v) is 33.4.